The third kappa shape index (κ3) is 3.39. The molecule has 1 heterocycles. The van der Waals surface area contributed by atoms with E-state index in [9.17, 15) is 4.79 Å². The molecule has 0 atom stereocenters. The number of carbonyl (C=O) groups is 1. The number of ether oxygens (including phenoxy) is 2. The lowest BCUT2D eigenvalue weighted by Crippen LogP contribution is -2.01. The van der Waals surface area contributed by atoms with Gasteiger partial charge in [-0.15, -0.1) is 0 Å². The fourth-order valence-electron chi connectivity index (χ4n) is 1.55. The first-order chi connectivity index (χ1) is 9.60. The van der Waals surface area contributed by atoms with Crippen molar-refractivity contribution in [2.75, 3.05) is 7.11 Å². The van der Waals surface area contributed by atoms with Gasteiger partial charge in [-0.25, -0.2) is 9.78 Å². The van der Waals surface area contributed by atoms with Gasteiger partial charge in [-0.1, -0.05) is 17.7 Å². The molecule has 1 aromatic heterocycles. The number of aromatic carboxylic acids is 1. The van der Waals surface area contributed by atoms with Gasteiger partial charge in [-0.05, 0) is 24.3 Å². The predicted octanol–water partition coefficient (Wildman–Crippen LogP) is 3.02. The van der Waals surface area contributed by atoms with Gasteiger partial charge in [0.15, 0.2) is 0 Å². The lowest BCUT2D eigenvalue weighted by Gasteiger charge is -2.09. The van der Waals surface area contributed by atoms with Crippen LogP contribution >= 0.6 is 11.6 Å². The summed E-state index contributed by atoms with van der Waals surface area (Å²) in [5, 5.41) is 9.09. The minimum absolute atomic E-state index is 0.113. The maximum Gasteiger partial charge on any atom is 0.335 e. The molecule has 2 aromatic rings. The zero-order valence-electron chi connectivity index (χ0n) is 10.7. The Labute approximate surface area is 120 Å². The molecule has 0 aliphatic rings. The van der Waals surface area contributed by atoms with E-state index in [2.05, 4.69) is 4.98 Å². The van der Waals surface area contributed by atoms with Crippen molar-refractivity contribution in [3.05, 3.63) is 52.7 Å². The van der Waals surface area contributed by atoms with Crippen LogP contribution in [0.3, 0.4) is 0 Å². The highest BCUT2D eigenvalue weighted by atomic mass is 35.5. The number of methoxy groups -OCH3 is 1. The van der Waals surface area contributed by atoms with Gasteiger partial charge in [-0.2, -0.15) is 0 Å². The number of aromatic nitrogens is 1. The summed E-state index contributed by atoms with van der Waals surface area (Å²) in [7, 11) is 1.54. The second kappa shape index (κ2) is 6.25. The standard InChI is InChI=1S/C14H12ClNO4/c1-19-13-4-2-3-10(16-13)8-20-12-6-5-9(14(17)18)7-11(12)15/h2-7H,8H2,1H3,(H,17,18). The van der Waals surface area contributed by atoms with Crippen molar-refractivity contribution in [3.63, 3.8) is 0 Å². The summed E-state index contributed by atoms with van der Waals surface area (Å²) in [5.41, 5.74) is 0.796. The largest absolute Gasteiger partial charge is 0.486 e. The number of carboxylic acid groups (broad SMARTS) is 1. The van der Waals surface area contributed by atoms with E-state index in [4.69, 9.17) is 26.2 Å². The number of carboxylic acids is 1. The molecule has 1 N–H and O–H groups in total. The van der Waals surface area contributed by atoms with Crippen molar-refractivity contribution in [1.29, 1.82) is 0 Å². The molecule has 0 aliphatic carbocycles. The molecule has 0 bridgehead atoms. The molecule has 2 rings (SSSR count). The summed E-state index contributed by atoms with van der Waals surface area (Å²) in [5.74, 6) is -0.132. The normalized spacial score (nSPS) is 10.1. The lowest BCUT2D eigenvalue weighted by molar-refractivity contribution is 0.0697. The van der Waals surface area contributed by atoms with Crippen molar-refractivity contribution in [2.45, 2.75) is 6.61 Å². The van der Waals surface area contributed by atoms with E-state index < -0.39 is 5.97 Å². The Kier molecular flexibility index (Phi) is 4.42. The van der Waals surface area contributed by atoms with E-state index in [1.165, 1.54) is 25.3 Å². The maximum absolute atomic E-state index is 10.8. The lowest BCUT2D eigenvalue weighted by atomic mass is 10.2. The van der Waals surface area contributed by atoms with E-state index in [0.29, 0.717) is 17.3 Å². The number of pyridine rings is 1. The Hall–Kier alpha value is -2.27. The number of hydrogen-bond donors (Lipinski definition) is 1. The van der Waals surface area contributed by atoms with Crippen LogP contribution in [0.15, 0.2) is 36.4 Å². The molecule has 0 fully saturated rings. The number of nitrogens with zero attached hydrogens (tertiary/aromatic N) is 1. The average molecular weight is 294 g/mol. The molecule has 0 radical (unpaired) electrons. The molecule has 104 valence electrons. The molecule has 20 heavy (non-hydrogen) atoms. The molecule has 6 heteroatoms. The van der Waals surface area contributed by atoms with E-state index in [1.807, 2.05) is 0 Å². The third-order valence-corrected chi connectivity index (χ3v) is 2.84. The first-order valence-electron chi connectivity index (χ1n) is 5.75. The van der Waals surface area contributed by atoms with Crippen LogP contribution in [0.4, 0.5) is 0 Å². The first-order valence-corrected chi connectivity index (χ1v) is 6.13. The van der Waals surface area contributed by atoms with Crippen molar-refractivity contribution < 1.29 is 19.4 Å². The second-order valence-corrected chi connectivity index (χ2v) is 4.32. The summed E-state index contributed by atoms with van der Waals surface area (Å²) in [6.07, 6.45) is 0. The Morgan fingerprint density at radius 3 is 2.80 bits per heavy atom. The average Bonchev–Trinajstić information content (AvgIpc) is 2.46. The molecule has 0 unspecified atom stereocenters. The minimum atomic E-state index is -1.03. The van der Waals surface area contributed by atoms with Crippen LogP contribution in [0.25, 0.3) is 0 Å². The van der Waals surface area contributed by atoms with Gasteiger partial charge in [0.25, 0.3) is 0 Å². The predicted molar refractivity (Wildman–Crippen MR) is 73.5 cm³/mol. The molecular weight excluding hydrogens is 282 g/mol. The monoisotopic (exact) mass is 293 g/mol. The molecule has 0 aliphatic heterocycles. The van der Waals surface area contributed by atoms with Crippen LogP contribution in [0.1, 0.15) is 16.1 Å². The third-order valence-electron chi connectivity index (χ3n) is 2.54. The Morgan fingerprint density at radius 2 is 2.15 bits per heavy atom. The molecule has 0 amide bonds. The Balaban J connectivity index is 2.08. The zero-order valence-corrected chi connectivity index (χ0v) is 11.4. The quantitative estimate of drug-likeness (QED) is 0.917. The maximum atomic E-state index is 10.8. The van der Waals surface area contributed by atoms with Crippen LogP contribution in [-0.2, 0) is 6.61 Å². The van der Waals surface area contributed by atoms with Gasteiger partial charge in [0.2, 0.25) is 5.88 Å². The topological polar surface area (TPSA) is 68.7 Å². The van der Waals surface area contributed by atoms with Gasteiger partial charge in [0.1, 0.15) is 12.4 Å². The van der Waals surface area contributed by atoms with Crippen LogP contribution in [0.2, 0.25) is 5.02 Å². The number of halogens is 1. The van der Waals surface area contributed by atoms with Crippen LogP contribution in [0.5, 0.6) is 11.6 Å². The van der Waals surface area contributed by atoms with Gasteiger partial charge < -0.3 is 14.6 Å². The van der Waals surface area contributed by atoms with Crippen LogP contribution in [-0.4, -0.2) is 23.2 Å². The highest BCUT2D eigenvalue weighted by Crippen LogP contribution is 2.26. The first kappa shape index (κ1) is 14.1. The molecule has 5 nitrogen and oxygen atoms in total. The minimum Gasteiger partial charge on any atom is -0.486 e. The Morgan fingerprint density at radius 1 is 1.35 bits per heavy atom. The summed E-state index contributed by atoms with van der Waals surface area (Å²) in [6.45, 7) is 0.212. The SMILES string of the molecule is COc1cccc(COc2ccc(C(=O)O)cc2Cl)n1. The smallest absolute Gasteiger partial charge is 0.335 e. The molecule has 0 saturated heterocycles. The summed E-state index contributed by atoms with van der Waals surface area (Å²) in [6, 6.07) is 9.63. The van der Waals surface area contributed by atoms with E-state index >= 15 is 0 Å². The van der Waals surface area contributed by atoms with Gasteiger partial charge >= 0.3 is 5.97 Å². The van der Waals surface area contributed by atoms with Crippen molar-refractivity contribution in [1.82, 2.24) is 4.98 Å². The molecule has 0 saturated carbocycles. The summed E-state index contributed by atoms with van der Waals surface area (Å²) >= 11 is 5.96. The van der Waals surface area contributed by atoms with E-state index in [-0.39, 0.29) is 17.2 Å². The fourth-order valence-corrected chi connectivity index (χ4v) is 1.79. The van der Waals surface area contributed by atoms with Gasteiger partial charge in [-0.3, -0.25) is 0 Å². The van der Waals surface area contributed by atoms with E-state index in [1.54, 1.807) is 18.2 Å². The van der Waals surface area contributed by atoms with Crippen molar-refractivity contribution in [2.24, 2.45) is 0 Å². The van der Waals surface area contributed by atoms with Crippen molar-refractivity contribution >= 4 is 17.6 Å². The highest BCUT2D eigenvalue weighted by Gasteiger charge is 2.08. The van der Waals surface area contributed by atoms with E-state index in [0.717, 1.165) is 0 Å². The zero-order chi connectivity index (χ0) is 14.5. The van der Waals surface area contributed by atoms with Gasteiger partial charge in [0, 0.05) is 6.07 Å². The number of hydrogen-bond acceptors (Lipinski definition) is 4. The molecule has 1 aromatic carbocycles. The second-order valence-electron chi connectivity index (χ2n) is 3.91. The fraction of sp³-hybridized carbons (Fsp3) is 0.143. The van der Waals surface area contributed by atoms with Crippen molar-refractivity contribution in [3.8, 4) is 11.6 Å². The summed E-state index contributed by atoms with van der Waals surface area (Å²) in [4.78, 5) is 15.0. The van der Waals surface area contributed by atoms with Crippen LogP contribution in [0, 0.1) is 0 Å². The highest BCUT2D eigenvalue weighted by molar-refractivity contribution is 6.32. The van der Waals surface area contributed by atoms with Crippen LogP contribution < -0.4 is 9.47 Å². The summed E-state index contributed by atoms with van der Waals surface area (Å²) < 4.78 is 10.5. The molecular formula is C14H12ClNO4. The Bertz CT molecular complexity index is 630. The van der Waals surface area contributed by atoms with Gasteiger partial charge in [0.05, 0.1) is 23.4 Å². The molecule has 0 spiro atoms. The number of rotatable bonds is 5. The number of benzene rings is 1.